The summed E-state index contributed by atoms with van der Waals surface area (Å²) in [6.07, 6.45) is 0. The summed E-state index contributed by atoms with van der Waals surface area (Å²) >= 11 is 0.300. The molecule has 0 aromatic carbocycles. The van der Waals surface area contributed by atoms with Crippen molar-refractivity contribution >= 4 is 20.8 Å². The van der Waals surface area contributed by atoms with Crippen molar-refractivity contribution in [3.8, 4) is 0 Å². The van der Waals surface area contributed by atoms with Gasteiger partial charge in [0.25, 0.3) is 0 Å². The van der Waals surface area contributed by atoms with Gasteiger partial charge in [-0.3, -0.25) is 16.8 Å². The van der Waals surface area contributed by atoms with Crippen molar-refractivity contribution in [3.05, 3.63) is 0 Å². The van der Waals surface area contributed by atoms with Crippen LogP contribution in [0.25, 0.3) is 0 Å². The molecule has 0 aliphatic rings. The van der Waals surface area contributed by atoms with E-state index < -0.39 is 20.8 Å². The zero-order chi connectivity index (χ0) is 11.0. The Hall–Kier alpha value is 0.423. The summed E-state index contributed by atoms with van der Waals surface area (Å²) in [5, 5.41) is 0. The first-order valence-corrected chi connectivity index (χ1v) is 5.21. The Kier molecular flexibility index (Phi) is 12.2. The third-order valence-electron chi connectivity index (χ3n) is 0. The zero-order valence-corrected chi connectivity index (χ0v) is 9.08. The molecule has 0 bridgehead atoms. The van der Waals surface area contributed by atoms with Gasteiger partial charge in [-0.25, -0.2) is 0 Å². The summed E-state index contributed by atoms with van der Waals surface area (Å²) < 4.78 is 76.5. The fourth-order valence-electron chi connectivity index (χ4n) is 0. The molecule has 9 nitrogen and oxygen atoms in total. The molecule has 0 radical (unpaired) electrons. The van der Waals surface area contributed by atoms with Crippen LogP contribution in [0, 0.1) is 0 Å². The van der Waals surface area contributed by atoms with E-state index in [-0.39, 0.29) is 1.43 Å². The molecule has 72 valence electrons. The molecule has 12 heteroatoms. The van der Waals surface area contributed by atoms with Gasteiger partial charge in [-0.2, -0.15) is 0 Å². The molecule has 0 spiro atoms. The van der Waals surface area contributed by atoms with Crippen LogP contribution in [0.15, 0.2) is 0 Å². The van der Waals surface area contributed by atoms with E-state index in [1.807, 2.05) is 0 Å². The van der Waals surface area contributed by atoms with Crippen molar-refractivity contribution in [1.82, 2.24) is 0 Å². The molecule has 0 fully saturated rings. The fourth-order valence-corrected chi connectivity index (χ4v) is 0. The SMILES string of the molecule is O=S(=O)([O-])[O-].O=S(=O)([O-])[O-].[H+].[O]=[Zr+2]. The van der Waals surface area contributed by atoms with Crippen LogP contribution < -0.4 is 0 Å². The maximum atomic E-state index is 8.52. The minimum absolute atomic E-state index is 0. The molecule has 0 atom stereocenters. The fraction of sp³-hybridized carbons (Fsp3) is 0. The van der Waals surface area contributed by atoms with Gasteiger partial charge in [-0.15, -0.1) is 0 Å². The molecule has 0 unspecified atom stereocenters. The van der Waals surface area contributed by atoms with Gasteiger partial charge in [0.15, 0.2) is 0 Å². The van der Waals surface area contributed by atoms with E-state index in [0.29, 0.717) is 24.7 Å². The molecule has 0 heterocycles. The standard InChI is InChI=1S/2H2O4S.O.Zr/c2*1-5(2,3)4;;/h2*(H2,1,2,3,4);;/q;;;+2/p-3. The van der Waals surface area contributed by atoms with E-state index in [4.69, 9.17) is 37.9 Å². The van der Waals surface area contributed by atoms with Crippen molar-refractivity contribution in [2.75, 3.05) is 0 Å². The first-order chi connectivity index (χ1) is 5.00. The van der Waals surface area contributed by atoms with Crippen LogP contribution in [0.5, 0.6) is 0 Å². The second-order valence-electron chi connectivity index (χ2n) is 0.816. The molecule has 0 rings (SSSR count). The Labute approximate surface area is 84.7 Å². The number of hydrogen-bond donors (Lipinski definition) is 0. The van der Waals surface area contributed by atoms with Gasteiger partial charge in [0.05, 0.1) is 0 Å². The van der Waals surface area contributed by atoms with Crippen molar-refractivity contribution in [2.45, 2.75) is 0 Å². The van der Waals surface area contributed by atoms with Gasteiger partial charge >= 0.3 is 29.0 Å². The van der Waals surface area contributed by atoms with Gasteiger partial charge < -0.3 is 18.2 Å². The van der Waals surface area contributed by atoms with E-state index in [0.717, 1.165) is 0 Å². The van der Waals surface area contributed by atoms with Crippen molar-refractivity contribution in [3.63, 3.8) is 0 Å². The van der Waals surface area contributed by atoms with Crippen molar-refractivity contribution in [2.24, 2.45) is 0 Å². The number of hydrogen-bond acceptors (Lipinski definition) is 9. The van der Waals surface area contributed by atoms with Crippen LogP contribution in [0.2, 0.25) is 0 Å². The summed E-state index contributed by atoms with van der Waals surface area (Å²) in [4.78, 5) is 0. The normalized spacial score (nSPS) is 10.2. The van der Waals surface area contributed by atoms with E-state index in [1.165, 1.54) is 0 Å². The summed E-state index contributed by atoms with van der Waals surface area (Å²) in [6, 6.07) is 0. The van der Waals surface area contributed by atoms with Gasteiger partial charge in [-0.05, 0) is 0 Å². The Morgan fingerprint density at radius 3 is 0.750 bits per heavy atom. The summed E-state index contributed by atoms with van der Waals surface area (Å²) in [7, 11) is -10.3. The molecule has 0 saturated carbocycles. The van der Waals surface area contributed by atoms with E-state index in [2.05, 4.69) is 0 Å². The van der Waals surface area contributed by atoms with E-state index >= 15 is 0 Å². The molecule has 0 aromatic heterocycles. The Bertz CT molecular complexity index is 227. The summed E-state index contributed by atoms with van der Waals surface area (Å²) in [6.45, 7) is 0. The van der Waals surface area contributed by atoms with E-state index in [1.54, 1.807) is 0 Å². The molecule has 0 aliphatic heterocycles. The Morgan fingerprint density at radius 2 is 0.750 bits per heavy atom. The molecular formula is HO9S2Zr-. The summed E-state index contributed by atoms with van der Waals surface area (Å²) in [5.74, 6) is 0. The molecule has 0 saturated heterocycles. The maximum absolute atomic E-state index is 8.52. The van der Waals surface area contributed by atoms with Gasteiger partial charge in [0.1, 0.15) is 0 Å². The molecular weight excluding hydrogens is 299 g/mol. The van der Waals surface area contributed by atoms with Crippen molar-refractivity contribution in [1.29, 1.82) is 0 Å². The van der Waals surface area contributed by atoms with Gasteiger partial charge in [-0.1, -0.05) is 0 Å². The molecule has 0 amide bonds. The van der Waals surface area contributed by atoms with Crippen LogP contribution in [0.4, 0.5) is 0 Å². The summed E-state index contributed by atoms with van der Waals surface area (Å²) in [5.41, 5.74) is 0. The van der Waals surface area contributed by atoms with Gasteiger partial charge in [0, 0.05) is 20.8 Å². The molecule has 12 heavy (non-hydrogen) atoms. The monoisotopic (exact) mass is 299 g/mol. The van der Waals surface area contributed by atoms with Crippen LogP contribution >= 0.6 is 0 Å². The first kappa shape index (κ1) is 18.3. The van der Waals surface area contributed by atoms with Crippen LogP contribution in [-0.4, -0.2) is 35.0 Å². The second-order valence-corrected chi connectivity index (χ2v) is 2.45. The minimum atomic E-state index is -5.17. The predicted molar refractivity (Wildman–Crippen MR) is 22.7 cm³/mol. The zero-order valence-electron chi connectivity index (χ0n) is 5.99. The average Bonchev–Trinajstić information content (AvgIpc) is 1.59. The molecule has 0 aliphatic carbocycles. The third-order valence-corrected chi connectivity index (χ3v) is 0. The Morgan fingerprint density at radius 1 is 0.750 bits per heavy atom. The quantitative estimate of drug-likeness (QED) is 0.340. The molecule has 0 aromatic rings. The van der Waals surface area contributed by atoms with Crippen LogP contribution in [-0.2, 0) is 48.3 Å². The van der Waals surface area contributed by atoms with Gasteiger partial charge in [0.2, 0.25) is 0 Å². The third kappa shape index (κ3) is 5170. The molecule has 0 N–H and O–H groups in total. The van der Waals surface area contributed by atoms with Crippen LogP contribution in [0.1, 0.15) is 1.43 Å². The Balaban J connectivity index is -0.0000000491. The van der Waals surface area contributed by atoms with Crippen molar-refractivity contribution < 1.29 is 64.0 Å². The average molecular weight is 300 g/mol. The second kappa shape index (κ2) is 8.04. The predicted octanol–water partition coefficient (Wildman–Crippen LogP) is -2.68. The first-order valence-electron chi connectivity index (χ1n) is 1.54. The van der Waals surface area contributed by atoms with Crippen LogP contribution in [0.3, 0.4) is 0 Å². The van der Waals surface area contributed by atoms with E-state index in [9.17, 15) is 0 Å². The topological polar surface area (TPSA) is 178 Å². The number of rotatable bonds is 0.